The second kappa shape index (κ2) is 25.2. The third kappa shape index (κ3) is 25.0. The molecule has 0 aliphatic heterocycles. The summed E-state index contributed by atoms with van der Waals surface area (Å²) in [5.41, 5.74) is 0. The Kier molecular flexibility index (Phi) is 24.5. The van der Waals surface area contributed by atoms with E-state index in [0.717, 1.165) is 51.4 Å². The van der Waals surface area contributed by atoms with Crippen LogP contribution in [0.15, 0.2) is 0 Å². The van der Waals surface area contributed by atoms with Crippen molar-refractivity contribution in [1.29, 1.82) is 0 Å². The minimum Gasteiger partial charge on any atom is -0.466 e. The highest BCUT2D eigenvalue weighted by atomic mass is 16.5. The van der Waals surface area contributed by atoms with Gasteiger partial charge in [0.25, 0.3) is 0 Å². The van der Waals surface area contributed by atoms with Gasteiger partial charge >= 0.3 is 11.9 Å². The summed E-state index contributed by atoms with van der Waals surface area (Å²) >= 11 is 0. The molecule has 0 saturated carbocycles. The van der Waals surface area contributed by atoms with Crippen molar-refractivity contribution in [1.82, 2.24) is 0 Å². The monoisotopic (exact) mass is 524 g/mol. The van der Waals surface area contributed by atoms with Gasteiger partial charge in [-0.3, -0.25) is 9.59 Å². The molecule has 0 amide bonds. The van der Waals surface area contributed by atoms with E-state index in [1.54, 1.807) is 0 Å². The summed E-state index contributed by atoms with van der Waals surface area (Å²) < 4.78 is 10.9. The average Bonchev–Trinajstić information content (AvgIpc) is 2.83. The van der Waals surface area contributed by atoms with E-state index >= 15 is 0 Å². The van der Waals surface area contributed by atoms with Gasteiger partial charge in [0.05, 0.1) is 19.1 Å². The number of rotatable bonds is 26. The predicted octanol–water partition coefficient (Wildman–Crippen LogP) is 10.1. The normalized spacial score (nSPS) is 12.5. The molecule has 0 aliphatic carbocycles. The Balaban J connectivity index is 3.49. The highest BCUT2D eigenvalue weighted by molar-refractivity contribution is 5.72. The van der Waals surface area contributed by atoms with E-state index in [4.69, 9.17) is 9.47 Å². The fraction of sp³-hybridized carbons (Fsp3) is 0.939. The smallest absolute Gasteiger partial charge is 0.309 e. The number of esters is 2. The molecule has 0 rings (SSSR count). The van der Waals surface area contributed by atoms with E-state index in [1.807, 2.05) is 0 Å². The maximum absolute atomic E-state index is 12.4. The van der Waals surface area contributed by atoms with Crippen molar-refractivity contribution in [3.63, 3.8) is 0 Å². The highest BCUT2D eigenvalue weighted by Crippen LogP contribution is 2.22. The van der Waals surface area contributed by atoms with E-state index in [9.17, 15) is 9.59 Å². The summed E-state index contributed by atoms with van der Waals surface area (Å²) in [5, 5.41) is 0. The van der Waals surface area contributed by atoms with E-state index in [2.05, 4.69) is 41.5 Å². The molecule has 0 bridgehead atoms. The lowest BCUT2D eigenvalue weighted by molar-refractivity contribution is -0.150. The molecule has 0 aliphatic rings. The molecule has 4 heteroatoms. The Bertz CT molecular complexity index is 526. The number of carbonyl (C=O) groups is 2. The minimum atomic E-state index is -0.0153. The van der Waals surface area contributed by atoms with Gasteiger partial charge in [-0.2, -0.15) is 0 Å². The molecule has 1 atom stereocenters. The fourth-order valence-electron chi connectivity index (χ4n) is 4.82. The predicted molar refractivity (Wildman–Crippen MR) is 158 cm³/mol. The fourth-order valence-corrected chi connectivity index (χ4v) is 4.82. The maximum atomic E-state index is 12.4. The van der Waals surface area contributed by atoms with Gasteiger partial charge in [-0.25, -0.2) is 0 Å². The lowest BCUT2D eigenvalue weighted by Gasteiger charge is -2.19. The van der Waals surface area contributed by atoms with Crippen molar-refractivity contribution in [2.75, 3.05) is 13.2 Å². The Morgan fingerprint density at radius 1 is 0.486 bits per heavy atom. The Morgan fingerprint density at radius 3 is 1.32 bits per heavy atom. The average molecular weight is 525 g/mol. The van der Waals surface area contributed by atoms with Crippen LogP contribution in [-0.4, -0.2) is 25.2 Å². The number of carbonyl (C=O) groups excluding carboxylic acids is 2. The largest absolute Gasteiger partial charge is 0.466 e. The summed E-state index contributed by atoms with van der Waals surface area (Å²) in [5.74, 6) is 1.78. The molecule has 0 spiro atoms. The van der Waals surface area contributed by atoms with Crippen LogP contribution in [0.5, 0.6) is 0 Å². The summed E-state index contributed by atoms with van der Waals surface area (Å²) in [6.45, 7) is 14.3. The second-order valence-electron chi connectivity index (χ2n) is 12.4. The van der Waals surface area contributed by atoms with Gasteiger partial charge in [-0.05, 0) is 56.3 Å². The topological polar surface area (TPSA) is 52.6 Å². The number of hydrogen-bond acceptors (Lipinski definition) is 4. The molecule has 0 heterocycles. The molecular formula is C33H64O4. The molecule has 0 saturated heterocycles. The zero-order chi connectivity index (χ0) is 27.7. The van der Waals surface area contributed by atoms with Crippen molar-refractivity contribution in [3.8, 4) is 0 Å². The van der Waals surface area contributed by atoms with Crippen molar-refractivity contribution >= 4 is 11.9 Å². The van der Waals surface area contributed by atoms with E-state index in [1.165, 1.54) is 64.2 Å². The van der Waals surface area contributed by atoms with Crippen LogP contribution in [0.25, 0.3) is 0 Å². The first-order chi connectivity index (χ1) is 17.7. The molecule has 0 fully saturated rings. The SMILES string of the molecule is CC(C)CCCOC(=O)CCCCCCCCCCCCCCCC(C(=O)OCCCC(C)C)C(C)C. The summed E-state index contributed by atoms with van der Waals surface area (Å²) in [6.07, 6.45) is 22.1. The Morgan fingerprint density at radius 2 is 0.892 bits per heavy atom. The molecule has 0 aromatic carbocycles. The van der Waals surface area contributed by atoms with Gasteiger partial charge in [0.2, 0.25) is 0 Å². The van der Waals surface area contributed by atoms with Crippen molar-refractivity contribution in [2.24, 2.45) is 23.7 Å². The van der Waals surface area contributed by atoms with Crippen LogP contribution in [0, 0.1) is 23.7 Å². The molecule has 37 heavy (non-hydrogen) atoms. The molecule has 0 aromatic heterocycles. The number of hydrogen-bond donors (Lipinski definition) is 0. The van der Waals surface area contributed by atoms with Gasteiger partial charge in [0.1, 0.15) is 0 Å². The molecule has 1 unspecified atom stereocenters. The van der Waals surface area contributed by atoms with Crippen LogP contribution >= 0.6 is 0 Å². The van der Waals surface area contributed by atoms with Crippen LogP contribution in [0.4, 0.5) is 0 Å². The van der Waals surface area contributed by atoms with Crippen LogP contribution in [0.3, 0.4) is 0 Å². The van der Waals surface area contributed by atoms with Crippen LogP contribution in [0.1, 0.15) is 164 Å². The van der Waals surface area contributed by atoms with Crippen LogP contribution in [-0.2, 0) is 19.1 Å². The van der Waals surface area contributed by atoms with Crippen molar-refractivity contribution in [2.45, 2.75) is 164 Å². The quantitative estimate of drug-likeness (QED) is 0.0834. The van der Waals surface area contributed by atoms with E-state index < -0.39 is 0 Å². The Hall–Kier alpha value is -1.06. The number of ether oxygens (including phenoxy) is 2. The summed E-state index contributed by atoms with van der Waals surface area (Å²) in [7, 11) is 0. The van der Waals surface area contributed by atoms with Crippen LogP contribution in [0.2, 0.25) is 0 Å². The van der Waals surface area contributed by atoms with Gasteiger partial charge in [-0.1, -0.05) is 119 Å². The Labute approximate surface area is 231 Å². The van der Waals surface area contributed by atoms with Gasteiger partial charge < -0.3 is 9.47 Å². The highest BCUT2D eigenvalue weighted by Gasteiger charge is 2.23. The van der Waals surface area contributed by atoms with Gasteiger partial charge in [0, 0.05) is 6.42 Å². The molecule has 0 N–H and O–H groups in total. The summed E-state index contributed by atoms with van der Waals surface area (Å²) in [6, 6.07) is 0. The standard InChI is InChI=1S/C33H64O4/c1-28(2)22-20-26-36-32(34)25-19-17-15-13-11-9-7-8-10-12-14-16-18-24-31(30(5)6)33(35)37-27-21-23-29(3)4/h28-31H,7-27H2,1-6H3. The maximum Gasteiger partial charge on any atom is 0.309 e. The zero-order valence-corrected chi connectivity index (χ0v) is 25.8. The molecular weight excluding hydrogens is 460 g/mol. The first kappa shape index (κ1) is 35.9. The van der Waals surface area contributed by atoms with E-state index in [-0.39, 0.29) is 17.9 Å². The summed E-state index contributed by atoms with van der Waals surface area (Å²) in [4.78, 5) is 24.2. The first-order valence-electron chi connectivity index (χ1n) is 16.1. The van der Waals surface area contributed by atoms with Crippen LogP contribution < -0.4 is 0 Å². The van der Waals surface area contributed by atoms with Gasteiger partial charge in [0.15, 0.2) is 0 Å². The molecule has 4 nitrogen and oxygen atoms in total. The first-order valence-corrected chi connectivity index (χ1v) is 16.1. The number of unbranched alkanes of at least 4 members (excludes halogenated alkanes) is 12. The second-order valence-corrected chi connectivity index (χ2v) is 12.4. The molecule has 0 radical (unpaired) electrons. The van der Waals surface area contributed by atoms with E-state index in [0.29, 0.717) is 37.4 Å². The van der Waals surface area contributed by atoms with Crippen molar-refractivity contribution < 1.29 is 19.1 Å². The third-order valence-corrected chi connectivity index (χ3v) is 7.36. The minimum absolute atomic E-state index is 0.0153. The third-order valence-electron chi connectivity index (χ3n) is 7.36. The van der Waals surface area contributed by atoms with Crippen molar-refractivity contribution in [3.05, 3.63) is 0 Å². The molecule has 0 aromatic rings. The molecule has 220 valence electrons. The lowest BCUT2D eigenvalue weighted by atomic mass is 9.90. The van der Waals surface area contributed by atoms with Gasteiger partial charge in [-0.15, -0.1) is 0 Å². The lowest BCUT2D eigenvalue weighted by Crippen LogP contribution is -2.23. The zero-order valence-electron chi connectivity index (χ0n) is 25.8.